The van der Waals surface area contributed by atoms with Crippen LogP contribution in [0.5, 0.6) is 0 Å². The maximum atomic E-state index is 14.5. The summed E-state index contributed by atoms with van der Waals surface area (Å²) in [5.74, 6) is 0. The molecule has 18 heavy (non-hydrogen) atoms. The summed E-state index contributed by atoms with van der Waals surface area (Å²) in [4.78, 5) is 25.5. The fraction of sp³-hybridized carbons (Fsp3) is 0.636. The lowest BCUT2D eigenvalue weighted by molar-refractivity contribution is -0.0528. The zero-order valence-corrected chi connectivity index (χ0v) is 10.1. The van der Waals surface area contributed by atoms with Crippen LogP contribution in [0.2, 0.25) is 0 Å². The molecule has 0 amide bonds. The molecule has 2 N–H and O–H groups in total. The van der Waals surface area contributed by atoms with Crippen LogP contribution in [0.4, 0.5) is 4.39 Å². The third-order valence-corrected chi connectivity index (χ3v) is 3.24. The highest BCUT2D eigenvalue weighted by atomic mass is 19.1. The van der Waals surface area contributed by atoms with Gasteiger partial charge in [0.1, 0.15) is 6.10 Å². The van der Waals surface area contributed by atoms with Crippen molar-refractivity contribution in [2.75, 3.05) is 0 Å². The van der Waals surface area contributed by atoms with Gasteiger partial charge in [-0.15, -0.1) is 0 Å². The molecule has 0 radical (unpaired) electrons. The fourth-order valence-electron chi connectivity index (χ4n) is 2.17. The van der Waals surface area contributed by atoms with Gasteiger partial charge in [0.25, 0.3) is 5.56 Å². The van der Waals surface area contributed by atoms with E-state index in [4.69, 9.17) is 4.74 Å². The number of rotatable bonds is 2. The molecule has 0 unspecified atom stereocenters. The Morgan fingerprint density at radius 3 is 2.78 bits per heavy atom. The summed E-state index contributed by atoms with van der Waals surface area (Å²) in [7, 11) is 0. The van der Waals surface area contributed by atoms with Gasteiger partial charge in [0.15, 0.2) is 11.9 Å². The van der Waals surface area contributed by atoms with E-state index < -0.39 is 35.4 Å². The summed E-state index contributed by atoms with van der Waals surface area (Å²) in [6.45, 7) is 2.85. The van der Waals surface area contributed by atoms with Gasteiger partial charge >= 0.3 is 5.69 Å². The monoisotopic (exact) mass is 258 g/mol. The standard InChI is InChI=1S/C11H15FN2O4/c1-3-6-8(16)11(2,12)9(18-6)14-7(15)4-5-13-10(14)17/h4-6,8-9,16H,3H2,1-2H3,(H,13,17)/t6-,8-,9-,11-/m1/s1. The lowest BCUT2D eigenvalue weighted by Crippen LogP contribution is -2.46. The molecule has 7 heteroatoms. The minimum Gasteiger partial charge on any atom is -0.387 e. The van der Waals surface area contributed by atoms with Gasteiger partial charge in [0.2, 0.25) is 0 Å². The second kappa shape index (κ2) is 4.33. The van der Waals surface area contributed by atoms with Crippen molar-refractivity contribution in [1.82, 2.24) is 9.55 Å². The first-order valence-corrected chi connectivity index (χ1v) is 5.72. The Balaban J connectivity index is 2.52. The average molecular weight is 258 g/mol. The molecular formula is C11H15FN2O4. The Hall–Kier alpha value is -1.47. The molecule has 0 bridgehead atoms. The third kappa shape index (κ3) is 1.79. The number of H-pyrrole nitrogens is 1. The van der Waals surface area contributed by atoms with Crippen molar-refractivity contribution in [2.45, 2.75) is 44.4 Å². The van der Waals surface area contributed by atoms with Crippen LogP contribution in [-0.2, 0) is 4.74 Å². The van der Waals surface area contributed by atoms with Gasteiger partial charge < -0.3 is 14.8 Å². The van der Waals surface area contributed by atoms with Crippen molar-refractivity contribution in [3.05, 3.63) is 33.1 Å². The smallest absolute Gasteiger partial charge is 0.330 e. The number of aliphatic hydroxyl groups excluding tert-OH is 1. The van der Waals surface area contributed by atoms with Crippen LogP contribution in [0.15, 0.2) is 21.9 Å². The first-order chi connectivity index (χ1) is 8.39. The maximum absolute atomic E-state index is 14.5. The number of aliphatic hydroxyl groups is 1. The molecule has 1 aromatic rings. The van der Waals surface area contributed by atoms with Gasteiger partial charge in [0, 0.05) is 12.3 Å². The number of alkyl halides is 1. The highest BCUT2D eigenvalue weighted by Gasteiger charge is 2.55. The predicted molar refractivity (Wildman–Crippen MR) is 61.0 cm³/mol. The number of aromatic amines is 1. The van der Waals surface area contributed by atoms with Crippen molar-refractivity contribution >= 4 is 0 Å². The molecular weight excluding hydrogens is 243 g/mol. The second-order valence-electron chi connectivity index (χ2n) is 4.52. The van der Waals surface area contributed by atoms with Crippen LogP contribution in [0, 0.1) is 0 Å². The molecule has 2 rings (SSSR count). The van der Waals surface area contributed by atoms with Crippen molar-refractivity contribution in [2.24, 2.45) is 0 Å². The molecule has 1 aromatic heterocycles. The Morgan fingerprint density at radius 2 is 2.28 bits per heavy atom. The van der Waals surface area contributed by atoms with Crippen LogP contribution in [0.1, 0.15) is 26.5 Å². The van der Waals surface area contributed by atoms with Gasteiger partial charge in [0.05, 0.1) is 6.10 Å². The SMILES string of the molecule is CC[C@H]1O[C@@H](n2c(=O)cc[nH]c2=O)[C@](C)(F)[C@@H]1O. The third-order valence-electron chi connectivity index (χ3n) is 3.24. The van der Waals surface area contributed by atoms with Gasteiger partial charge in [-0.05, 0) is 13.3 Å². The molecule has 0 aliphatic carbocycles. The number of hydrogen-bond acceptors (Lipinski definition) is 4. The normalized spacial score (nSPS) is 35.9. The van der Waals surface area contributed by atoms with Gasteiger partial charge in [-0.2, -0.15) is 0 Å². The highest BCUT2D eigenvalue weighted by Crippen LogP contribution is 2.40. The minimum absolute atomic E-state index is 0.386. The lowest BCUT2D eigenvalue weighted by Gasteiger charge is -2.24. The van der Waals surface area contributed by atoms with E-state index in [1.54, 1.807) is 6.92 Å². The highest BCUT2D eigenvalue weighted by molar-refractivity contribution is 5.00. The zero-order chi connectivity index (χ0) is 13.5. The Kier molecular flexibility index (Phi) is 3.12. The molecule has 6 nitrogen and oxygen atoms in total. The van der Waals surface area contributed by atoms with Crippen LogP contribution in [0.25, 0.3) is 0 Å². The van der Waals surface area contributed by atoms with E-state index in [2.05, 4.69) is 4.98 Å². The number of ether oxygens (including phenoxy) is 1. The molecule has 2 heterocycles. The zero-order valence-electron chi connectivity index (χ0n) is 10.1. The predicted octanol–water partition coefficient (Wildman–Crippen LogP) is -0.0669. The molecule has 0 saturated carbocycles. The average Bonchev–Trinajstić information content (AvgIpc) is 2.52. The Morgan fingerprint density at radius 1 is 1.61 bits per heavy atom. The Bertz CT molecular complexity index is 522. The molecule has 0 aromatic carbocycles. The quantitative estimate of drug-likeness (QED) is 0.778. The Labute approximate surface area is 102 Å². The molecule has 100 valence electrons. The number of aromatic nitrogens is 2. The molecule has 0 spiro atoms. The first kappa shape index (κ1) is 13.0. The van der Waals surface area contributed by atoms with Crippen LogP contribution < -0.4 is 11.2 Å². The van der Waals surface area contributed by atoms with Crippen molar-refractivity contribution in [3.8, 4) is 0 Å². The summed E-state index contributed by atoms with van der Waals surface area (Å²) >= 11 is 0. The summed E-state index contributed by atoms with van der Waals surface area (Å²) in [6.07, 6.45) is -1.97. The topological polar surface area (TPSA) is 84.3 Å². The molecule has 1 aliphatic heterocycles. The number of nitrogens with one attached hydrogen (secondary N) is 1. The number of hydrogen-bond donors (Lipinski definition) is 2. The van der Waals surface area contributed by atoms with Gasteiger partial charge in [-0.3, -0.25) is 4.79 Å². The molecule has 1 aliphatic rings. The van der Waals surface area contributed by atoms with E-state index in [-0.39, 0.29) is 0 Å². The maximum Gasteiger partial charge on any atom is 0.330 e. The minimum atomic E-state index is -2.20. The van der Waals surface area contributed by atoms with Crippen molar-refractivity contribution in [1.29, 1.82) is 0 Å². The van der Waals surface area contributed by atoms with Crippen LogP contribution >= 0.6 is 0 Å². The van der Waals surface area contributed by atoms with E-state index in [0.29, 0.717) is 11.0 Å². The van der Waals surface area contributed by atoms with Gasteiger partial charge in [-0.1, -0.05) is 6.92 Å². The summed E-state index contributed by atoms with van der Waals surface area (Å²) < 4.78 is 20.4. The van der Waals surface area contributed by atoms with Crippen molar-refractivity contribution < 1.29 is 14.2 Å². The lowest BCUT2D eigenvalue weighted by atomic mass is 9.97. The summed E-state index contributed by atoms with van der Waals surface area (Å²) in [6, 6.07) is 1.10. The second-order valence-corrected chi connectivity index (χ2v) is 4.52. The summed E-state index contributed by atoms with van der Waals surface area (Å²) in [5.41, 5.74) is -3.63. The van der Waals surface area contributed by atoms with E-state index >= 15 is 0 Å². The van der Waals surface area contributed by atoms with Crippen LogP contribution in [-0.4, -0.2) is 32.5 Å². The van der Waals surface area contributed by atoms with Crippen molar-refractivity contribution in [3.63, 3.8) is 0 Å². The van der Waals surface area contributed by atoms with E-state index in [9.17, 15) is 19.1 Å². The van der Waals surface area contributed by atoms with E-state index in [1.165, 1.54) is 6.20 Å². The summed E-state index contributed by atoms with van der Waals surface area (Å²) in [5, 5.41) is 9.80. The largest absolute Gasteiger partial charge is 0.387 e. The molecule has 1 fully saturated rings. The van der Waals surface area contributed by atoms with Gasteiger partial charge in [-0.25, -0.2) is 13.8 Å². The molecule has 4 atom stereocenters. The molecule has 1 saturated heterocycles. The number of halogens is 1. The van der Waals surface area contributed by atoms with E-state index in [0.717, 1.165) is 13.0 Å². The first-order valence-electron chi connectivity index (χ1n) is 5.72. The van der Waals surface area contributed by atoms with E-state index in [1.807, 2.05) is 0 Å². The fourth-order valence-corrected chi connectivity index (χ4v) is 2.17. The number of nitrogens with zero attached hydrogens (tertiary/aromatic N) is 1. The van der Waals surface area contributed by atoms with Crippen LogP contribution in [0.3, 0.4) is 0 Å².